The summed E-state index contributed by atoms with van der Waals surface area (Å²) in [5.74, 6) is -0.477. The molecule has 7 heteroatoms. The standard InChI is InChI=1S/C12H15ClN4O2/c1-15-11(18)9-3-2-4-17(9)12(19)8-5-7(14)6-16-10(8)13/h5-6,9H,2-4,14H2,1H3,(H,15,18). The van der Waals surface area contributed by atoms with Crippen molar-refractivity contribution in [3.8, 4) is 0 Å². The summed E-state index contributed by atoms with van der Waals surface area (Å²) in [7, 11) is 1.55. The van der Waals surface area contributed by atoms with E-state index in [2.05, 4.69) is 10.3 Å². The minimum Gasteiger partial charge on any atom is -0.397 e. The van der Waals surface area contributed by atoms with E-state index < -0.39 is 6.04 Å². The number of likely N-dealkylation sites (tertiary alicyclic amines) is 1. The van der Waals surface area contributed by atoms with Gasteiger partial charge in [0.25, 0.3) is 5.91 Å². The van der Waals surface area contributed by atoms with E-state index in [1.54, 1.807) is 7.05 Å². The average Bonchev–Trinajstić information content (AvgIpc) is 2.89. The van der Waals surface area contributed by atoms with Gasteiger partial charge in [-0.05, 0) is 18.9 Å². The molecule has 1 aliphatic rings. The lowest BCUT2D eigenvalue weighted by atomic mass is 10.2. The van der Waals surface area contributed by atoms with Crippen LogP contribution in [0.3, 0.4) is 0 Å². The first-order chi connectivity index (χ1) is 9.04. The lowest BCUT2D eigenvalue weighted by Crippen LogP contribution is -2.45. The molecule has 0 radical (unpaired) electrons. The van der Waals surface area contributed by atoms with E-state index in [9.17, 15) is 9.59 Å². The third-order valence-corrected chi connectivity index (χ3v) is 3.45. The first kappa shape index (κ1) is 13.6. The molecule has 0 saturated carbocycles. The Bertz CT molecular complexity index is 520. The lowest BCUT2D eigenvalue weighted by Gasteiger charge is -2.23. The van der Waals surface area contributed by atoms with Crippen molar-refractivity contribution in [1.82, 2.24) is 15.2 Å². The second kappa shape index (κ2) is 5.44. The van der Waals surface area contributed by atoms with Crippen LogP contribution < -0.4 is 11.1 Å². The molecule has 1 aromatic heterocycles. The Balaban J connectivity index is 2.28. The van der Waals surface area contributed by atoms with E-state index >= 15 is 0 Å². The van der Waals surface area contributed by atoms with E-state index in [0.717, 1.165) is 6.42 Å². The van der Waals surface area contributed by atoms with Gasteiger partial charge in [0.2, 0.25) is 5.91 Å². The van der Waals surface area contributed by atoms with Crippen LogP contribution in [-0.2, 0) is 4.79 Å². The summed E-state index contributed by atoms with van der Waals surface area (Å²) >= 11 is 5.92. The zero-order valence-corrected chi connectivity index (χ0v) is 11.3. The van der Waals surface area contributed by atoms with Gasteiger partial charge >= 0.3 is 0 Å². The van der Waals surface area contributed by atoms with E-state index in [1.165, 1.54) is 17.2 Å². The number of nitrogens with zero attached hydrogens (tertiary/aromatic N) is 2. The second-order valence-corrected chi connectivity index (χ2v) is 4.74. The van der Waals surface area contributed by atoms with Crippen LogP contribution in [0.15, 0.2) is 12.3 Å². The number of nitrogens with two attached hydrogens (primary N) is 1. The molecular formula is C12H15ClN4O2. The fourth-order valence-corrected chi connectivity index (χ4v) is 2.40. The van der Waals surface area contributed by atoms with Crippen molar-refractivity contribution in [2.24, 2.45) is 0 Å². The van der Waals surface area contributed by atoms with Crippen LogP contribution in [0, 0.1) is 0 Å². The minimum atomic E-state index is -0.449. The first-order valence-corrected chi connectivity index (χ1v) is 6.36. The Hall–Kier alpha value is -1.82. The van der Waals surface area contributed by atoms with E-state index in [4.69, 9.17) is 17.3 Å². The number of aromatic nitrogens is 1. The number of amides is 2. The van der Waals surface area contributed by atoms with Crippen LogP contribution in [0.4, 0.5) is 5.69 Å². The number of likely N-dealkylation sites (N-methyl/N-ethyl adjacent to an activating group) is 1. The molecule has 0 aliphatic carbocycles. The van der Waals surface area contributed by atoms with Crippen LogP contribution in [-0.4, -0.2) is 41.3 Å². The van der Waals surface area contributed by atoms with Gasteiger partial charge in [0.15, 0.2) is 0 Å². The molecule has 1 atom stereocenters. The van der Waals surface area contributed by atoms with Gasteiger partial charge in [0, 0.05) is 13.6 Å². The summed E-state index contributed by atoms with van der Waals surface area (Å²) in [6.07, 6.45) is 2.83. The van der Waals surface area contributed by atoms with E-state index in [0.29, 0.717) is 18.7 Å². The number of hydrogen-bond acceptors (Lipinski definition) is 4. The zero-order valence-electron chi connectivity index (χ0n) is 10.5. The summed E-state index contributed by atoms with van der Waals surface area (Å²) in [6, 6.07) is 1.03. The van der Waals surface area contributed by atoms with E-state index in [-0.39, 0.29) is 22.5 Å². The summed E-state index contributed by atoms with van der Waals surface area (Å²) in [4.78, 5) is 29.5. The van der Waals surface area contributed by atoms with Crippen molar-refractivity contribution in [3.05, 3.63) is 23.0 Å². The molecule has 1 aromatic rings. The fraction of sp³-hybridized carbons (Fsp3) is 0.417. The van der Waals surface area contributed by atoms with Gasteiger partial charge < -0.3 is 16.0 Å². The molecule has 2 rings (SSSR count). The molecule has 3 N–H and O–H groups in total. The Morgan fingerprint density at radius 1 is 1.58 bits per heavy atom. The number of hydrogen-bond donors (Lipinski definition) is 2. The second-order valence-electron chi connectivity index (χ2n) is 4.38. The maximum Gasteiger partial charge on any atom is 0.257 e. The third kappa shape index (κ3) is 2.63. The molecular weight excluding hydrogens is 268 g/mol. The van der Waals surface area contributed by atoms with Gasteiger partial charge in [-0.25, -0.2) is 4.98 Å². The number of anilines is 1. The average molecular weight is 283 g/mol. The zero-order chi connectivity index (χ0) is 14.0. The van der Waals surface area contributed by atoms with Crippen LogP contribution >= 0.6 is 11.6 Å². The van der Waals surface area contributed by atoms with Crippen LogP contribution in [0.5, 0.6) is 0 Å². The molecule has 1 aliphatic heterocycles. The maximum absolute atomic E-state index is 12.4. The molecule has 0 spiro atoms. The molecule has 0 bridgehead atoms. The highest BCUT2D eigenvalue weighted by Gasteiger charge is 2.34. The third-order valence-electron chi connectivity index (χ3n) is 3.15. The number of halogens is 1. The van der Waals surface area contributed by atoms with Crippen LogP contribution in [0.2, 0.25) is 5.15 Å². The van der Waals surface area contributed by atoms with Crippen molar-refractivity contribution in [1.29, 1.82) is 0 Å². The van der Waals surface area contributed by atoms with Gasteiger partial charge in [-0.2, -0.15) is 0 Å². The van der Waals surface area contributed by atoms with Gasteiger partial charge in [-0.15, -0.1) is 0 Å². The van der Waals surface area contributed by atoms with Gasteiger partial charge in [0.1, 0.15) is 11.2 Å². The number of carbonyl (C=O) groups excluding carboxylic acids is 2. The van der Waals surface area contributed by atoms with Crippen molar-refractivity contribution in [2.45, 2.75) is 18.9 Å². The maximum atomic E-state index is 12.4. The topological polar surface area (TPSA) is 88.3 Å². The van der Waals surface area contributed by atoms with Crippen LogP contribution in [0.1, 0.15) is 23.2 Å². The number of nitrogen functional groups attached to an aromatic ring is 1. The summed E-state index contributed by atoms with van der Waals surface area (Å²) in [6.45, 7) is 0.530. The monoisotopic (exact) mass is 282 g/mol. The molecule has 6 nitrogen and oxygen atoms in total. The highest BCUT2D eigenvalue weighted by Crippen LogP contribution is 2.24. The molecule has 0 aromatic carbocycles. The Labute approximate surface area is 115 Å². The quantitative estimate of drug-likeness (QED) is 0.780. The normalized spacial score (nSPS) is 18.4. The van der Waals surface area contributed by atoms with E-state index in [1.807, 2.05) is 0 Å². The minimum absolute atomic E-state index is 0.0988. The van der Waals surface area contributed by atoms with Gasteiger partial charge in [-0.3, -0.25) is 9.59 Å². The lowest BCUT2D eigenvalue weighted by molar-refractivity contribution is -0.124. The molecule has 1 unspecified atom stereocenters. The molecule has 1 saturated heterocycles. The Morgan fingerprint density at radius 3 is 3.00 bits per heavy atom. The largest absolute Gasteiger partial charge is 0.397 e. The number of rotatable bonds is 2. The SMILES string of the molecule is CNC(=O)C1CCCN1C(=O)c1cc(N)cnc1Cl. The van der Waals surface area contributed by atoms with Gasteiger partial charge in [-0.1, -0.05) is 11.6 Å². The van der Waals surface area contributed by atoms with Crippen LogP contribution in [0.25, 0.3) is 0 Å². The summed E-state index contributed by atoms with van der Waals surface area (Å²) in [5.41, 5.74) is 6.21. The predicted molar refractivity (Wildman–Crippen MR) is 71.8 cm³/mol. The predicted octanol–water partition coefficient (Wildman–Crippen LogP) is 0.668. The summed E-state index contributed by atoms with van der Waals surface area (Å²) < 4.78 is 0. The highest BCUT2D eigenvalue weighted by atomic mass is 35.5. The fourth-order valence-electron chi connectivity index (χ4n) is 2.22. The van der Waals surface area contributed by atoms with Crippen molar-refractivity contribution in [3.63, 3.8) is 0 Å². The number of carbonyl (C=O) groups is 2. The first-order valence-electron chi connectivity index (χ1n) is 5.98. The Morgan fingerprint density at radius 2 is 2.32 bits per heavy atom. The van der Waals surface area contributed by atoms with Crippen molar-refractivity contribution < 1.29 is 9.59 Å². The molecule has 2 heterocycles. The smallest absolute Gasteiger partial charge is 0.257 e. The molecule has 19 heavy (non-hydrogen) atoms. The Kier molecular flexibility index (Phi) is 3.90. The molecule has 1 fully saturated rings. The summed E-state index contributed by atoms with van der Waals surface area (Å²) in [5, 5.41) is 2.66. The van der Waals surface area contributed by atoms with Gasteiger partial charge in [0.05, 0.1) is 17.4 Å². The number of pyridine rings is 1. The molecule has 2 amide bonds. The number of nitrogens with one attached hydrogen (secondary N) is 1. The van der Waals surface area contributed by atoms with Crippen molar-refractivity contribution in [2.75, 3.05) is 19.3 Å². The highest BCUT2D eigenvalue weighted by molar-refractivity contribution is 6.32. The van der Waals surface area contributed by atoms with Crippen molar-refractivity contribution >= 4 is 29.1 Å². The molecule has 102 valence electrons.